The molecule has 1 heterocycles. The van der Waals surface area contributed by atoms with E-state index in [1.54, 1.807) is 18.2 Å². The molecule has 0 saturated carbocycles. The number of nitrogens with zero attached hydrogens (tertiary/aromatic N) is 2. The highest BCUT2D eigenvalue weighted by Gasteiger charge is 2.22. The van der Waals surface area contributed by atoms with Crippen molar-refractivity contribution in [3.8, 4) is 16.5 Å². The SMILES string of the molecule is CCCc1c(-c2ccccc2[N+](=O)[O-])sc(C#N)c1N. The fourth-order valence-electron chi connectivity index (χ4n) is 2.10. The number of hydrogen-bond donors (Lipinski definition) is 1. The molecule has 0 bridgehead atoms. The molecule has 2 aromatic rings. The van der Waals surface area contributed by atoms with Gasteiger partial charge in [0.15, 0.2) is 0 Å². The lowest BCUT2D eigenvalue weighted by molar-refractivity contribution is -0.384. The van der Waals surface area contributed by atoms with Crippen molar-refractivity contribution < 1.29 is 4.92 Å². The number of nitro benzene ring substituents is 1. The van der Waals surface area contributed by atoms with Crippen LogP contribution < -0.4 is 5.73 Å². The van der Waals surface area contributed by atoms with Crippen LogP contribution in [-0.2, 0) is 6.42 Å². The second kappa shape index (κ2) is 5.72. The van der Waals surface area contributed by atoms with Gasteiger partial charge >= 0.3 is 0 Å². The molecule has 0 amide bonds. The maximum atomic E-state index is 11.1. The third kappa shape index (κ3) is 2.36. The molecule has 5 nitrogen and oxygen atoms in total. The molecule has 0 aliphatic heterocycles. The van der Waals surface area contributed by atoms with Crippen molar-refractivity contribution in [2.24, 2.45) is 0 Å². The average molecular weight is 287 g/mol. The van der Waals surface area contributed by atoms with Crippen LogP contribution in [-0.4, -0.2) is 4.92 Å². The number of nitrogen functional groups attached to an aromatic ring is 1. The fourth-order valence-corrected chi connectivity index (χ4v) is 3.20. The summed E-state index contributed by atoms with van der Waals surface area (Å²) < 4.78 is 0. The van der Waals surface area contributed by atoms with Crippen LogP contribution in [0.25, 0.3) is 10.4 Å². The van der Waals surface area contributed by atoms with Gasteiger partial charge in [0, 0.05) is 10.9 Å². The Hall–Kier alpha value is -2.39. The number of para-hydroxylation sites is 1. The third-order valence-electron chi connectivity index (χ3n) is 2.99. The minimum Gasteiger partial charge on any atom is -0.397 e. The Morgan fingerprint density at radius 1 is 1.45 bits per heavy atom. The number of nitrogens with two attached hydrogens (primary N) is 1. The van der Waals surface area contributed by atoms with E-state index in [1.165, 1.54) is 17.4 Å². The highest BCUT2D eigenvalue weighted by Crippen LogP contribution is 2.42. The minimum absolute atomic E-state index is 0.0376. The van der Waals surface area contributed by atoms with Crippen molar-refractivity contribution in [1.82, 2.24) is 0 Å². The molecule has 0 aliphatic rings. The number of anilines is 1. The quantitative estimate of drug-likeness (QED) is 0.684. The number of nitriles is 1. The summed E-state index contributed by atoms with van der Waals surface area (Å²) in [5.41, 5.74) is 7.83. The lowest BCUT2D eigenvalue weighted by Gasteiger charge is -2.04. The zero-order chi connectivity index (χ0) is 14.7. The average Bonchev–Trinajstić information content (AvgIpc) is 2.76. The number of hydrogen-bond acceptors (Lipinski definition) is 5. The number of benzene rings is 1. The highest BCUT2D eigenvalue weighted by atomic mass is 32.1. The van der Waals surface area contributed by atoms with Crippen LogP contribution in [0.4, 0.5) is 11.4 Å². The van der Waals surface area contributed by atoms with Crippen molar-refractivity contribution >= 4 is 22.7 Å². The molecule has 6 heteroatoms. The topological polar surface area (TPSA) is 93.0 Å². The molecule has 0 aliphatic carbocycles. The molecule has 2 N–H and O–H groups in total. The predicted octanol–water partition coefficient (Wildman–Crippen LogP) is 3.73. The van der Waals surface area contributed by atoms with E-state index in [0.717, 1.165) is 16.9 Å². The van der Waals surface area contributed by atoms with E-state index >= 15 is 0 Å². The first-order chi connectivity index (χ1) is 9.60. The van der Waals surface area contributed by atoms with Crippen molar-refractivity contribution in [3.63, 3.8) is 0 Å². The summed E-state index contributed by atoms with van der Waals surface area (Å²) in [5, 5.41) is 20.2. The van der Waals surface area contributed by atoms with E-state index in [1.807, 2.05) is 6.92 Å². The van der Waals surface area contributed by atoms with E-state index in [0.29, 0.717) is 22.5 Å². The molecule has 0 spiro atoms. The maximum Gasteiger partial charge on any atom is 0.278 e. The Bertz CT molecular complexity index is 701. The van der Waals surface area contributed by atoms with Crippen molar-refractivity contribution in [3.05, 3.63) is 44.8 Å². The van der Waals surface area contributed by atoms with Gasteiger partial charge in [0.1, 0.15) is 10.9 Å². The molecule has 0 unspecified atom stereocenters. The smallest absolute Gasteiger partial charge is 0.278 e. The fraction of sp³-hybridized carbons (Fsp3) is 0.214. The maximum absolute atomic E-state index is 11.1. The molecule has 102 valence electrons. The standard InChI is InChI=1S/C14H13N3O2S/c1-2-5-10-13(16)12(8-15)20-14(10)9-6-3-4-7-11(9)17(18)19/h3-4,6-7H,2,5,16H2,1H3. The van der Waals surface area contributed by atoms with Crippen LogP contribution in [0.5, 0.6) is 0 Å². The first kappa shape index (κ1) is 14.0. The Kier molecular flexibility index (Phi) is 4.01. The van der Waals surface area contributed by atoms with E-state index in [2.05, 4.69) is 6.07 Å². The second-order valence-corrected chi connectivity index (χ2v) is 5.31. The zero-order valence-corrected chi connectivity index (χ0v) is 11.7. The zero-order valence-electron chi connectivity index (χ0n) is 10.9. The minimum atomic E-state index is -0.410. The number of thiophene rings is 1. The van der Waals surface area contributed by atoms with Crippen LogP contribution in [0.3, 0.4) is 0 Å². The van der Waals surface area contributed by atoms with Gasteiger partial charge in [-0.15, -0.1) is 11.3 Å². The number of nitro groups is 1. The molecule has 1 aromatic heterocycles. The Labute approximate surface area is 120 Å². The van der Waals surface area contributed by atoms with E-state index in [-0.39, 0.29) is 5.69 Å². The Morgan fingerprint density at radius 2 is 2.15 bits per heavy atom. The Balaban J connectivity index is 2.70. The van der Waals surface area contributed by atoms with Gasteiger partial charge in [0.2, 0.25) is 0 Å². The summed E-state index contributed by atoms with van der Waals surface area (Å²) in [6.45, 7) is 2.01. The van der Waals surface area contributed by atoms with E-state index in [9.17, 15) is 10.1 Å². The van der Waals surface area contributed by atoms with Gasteiger partial charge in [-0.25, -0.2) is 0 Å². The molecular formula is C14H13N3O2S. The summed E-state index contributed by atoms with van der Waals surface area (Å²) in [5.74, 6) is 0. The predicted molar refractivity (Wildman–Crippen MR) is 79.5 cm³/mol. The van der Waals surface area contributed by atoms with Gasteiger partial charge in [-0.1, -0.05) is 25.5 Å². The van der Waals surface area contributed by atoms with Gasteiger partial charge in [-0.05, 0) is 18.1 Å². The highest BCUT2D eigenvalue weighted by molar-refractivity contribution is 7.16. The summed E-state index contributed by atoms with van der Waals surface area (Å²) in [6, 6.07) is 8.60. The van der Waals surface area contributed by atoms with E-state index < -0.39 is 4.92 Å². The van der Waals surface area contributed by atoms with Crippen LogP contribution in [0.1, 0.15) is 23.8 Å². The Morgan fingerprint density at radius 3 is 2.75 bits per heavy atom. The van der Waals surface area contributed by atoms with Gasteiger partial charge in [-0.3, -0.25) is 10.1 Å². The normalized spacial score (nSPS) is 10.2. The number of rotatable bonds is 4. The molecule has 0 fully saturated rings. The van der Waals surface area contributed by atoms with Gasteiger partial charge in [0.05, 0.1) is 16.2 Å². The summed E-state index contributed by atoms with van der Waals surface area (Å²) in [4.78, 5) is 11.9. The summed E-state index contributed by atoms with van der Waals surface area (Å²) in [6.07, 6.45) is 1.56. The van der Waals surface area contributed by atoms with Crippen LogP contribution in [0.15, 0.2) is 24.3 Å². The van der Waals surface area contributed by atoms with Crippen LogP contribution >= 0.6 is 11.3 Å². The van der Waals surface area contributed by atoms with Gasteiger partial charge < -0.3 is 5.73 Å². The molecule has 0 radical (unpaired) electrons. The molecular weight excluding hydrogens is 274 g/mol. The summed E-state index contributed by atoms with van der Waals surface area (Å²) >= 11 is 1.22. The third-order valence-corrected chi connectivity index (χ3v) is 4.18. The van der Waals surface area contributed by atoms with Crippen LogP contribution in [0.2, 0.25) is 0 Å². The van der Waals surface area contributed by atoms with Crippen molar-refractivity contribution in [2.45, 2.75) is 19.8 Å². The lowest BCUT2D eigenvalue weighted by atomic mass is 10.0. The summed E-state index contributed by atoms with van der Waals surface area (Å²) in [7, 11) is 0. The lowest BCUT2D eigenvalue weighted by Crippen LogP contribution is -1.95. The van der Waals surface area contributed by atoms with E-state index in [4.69, 9.17) is 11.0 Å². The van der Waals surface area contributed by atoms with Gasteiger partial charge in [-0.2, -0.15) is 5.26 Å². The van der Waals surface area contributed by atoms with Crippen molar-refractivity contribution in [2.75, 3.05) is 5.73 Å². The molecule has 1 aromatic carbocycles. The first-order valence-corrected chi connectivity index (χ1v) is 6.96. The molecule has 20 heavy (non-hydrogen) atoms. The molecule has 0 saturated heterocycles. The van der Waals surface area contributed by atoms with Gasteiger partial charge in [0.25, 0.3) is 5.69 Å². The molecule has 2 rings (SSSR count). The largest absolute Gasteiger partial charge is 0.397 e. The van der Waals surface area contributed by atoms with Crippen LogP contribution in [0, 0.1) is 21.4 Å². The monoisotopic (exact) mass is 287 g/mol. The molecule has 0 atom stereocenters. The van der Waals surface area contributed by atoms with Crippen molar-refractivity contribution in [1.29, 1.82) is 5.26 Å². The second-order valence-electron chi connectivity index (χ2n) is 4.29. The first-order valence-electron chi connectivity index (χ1n) is 6.15.